The molecule has 2 heterocycles. The monoisotopic (exact) mass is 358 g/mol. The maximum absolute atomic E-state index is 6.07. The molecule has 0 aromatic carbocycles. The minimum Gasteiger partial charge on any atom is -0.356 e. The SMILES string of the molecule is CN=C(NCc1cc(Cl)c(Cl)n1C)NCC(C)c1ccsc1. The molecule has 1 atom stereocenters. The second-order valence-corrected chi connectivity index (χ2v) is 6.64. The fourth-order valence-electron chi connectivity index (χ4n) is 2.08. The third-order valence-electron chi connectivity index (χ3n) is 3.56. The van der Waals surface area contributed by atoms with Crippen LogP contribution in [0, 0.1) is 0 Å². The minimum atomic E-state index is 0.434. The molecule has 22 heavy (non-hydrogen) atoms. The molecule has 0 amide bonds. The van der Waals surface area contributed by atoms with Crippen LogP contribution in [0.3, 0.4) is 0 Å². The maximum atomic E-state index is 6.07. The number of thiophene rings is 1. The summed E-state index contributed by atoms with van der Waals surface area (Å²) >= 11 is 13.8. The van der Waals surface area contributed by atoms with Gasteiger partial charge in [0.2, 0.25) is 0 Å². The Bertz CT molecular complexity index is 634. The van der Waals surface area contributed by atoms with Crippen molar-refractivity contribution in [1.82, 2.24) is 15.2 Å². The van der Waals surface area contributed by atoms with Crippen molar-refractivity contribution in [3.63, 3.8) is 0 Å². The van der Waals surface area contributed by atoms with E-state index in [2.05, 4.69) is 39.4 Å². The van der Waals surface area contributed by atoms with E-state index >= 15 is 0 Å². The molecule has 0 spiro atoms. The Morgan fingerprint density at radius 3 is 2.73 bits per heavy atom. The van der Waals surface area contributed by atoms with Gasteiger partial charge < -0.3 is 15.2 Å². The van der Waals surface area contributed by atoms with E-state index in [1.807, 2.05) is 17.7 Å². The second-order valence-electron chi connectivity index (χ2n) is 5.10. The van der Waals surface area contributed by atoms with Gasteiger partial charge in [0.15, 0.2) is 5.96 Å². The first-order chi connectivity index (χ1) is 10.5. The van der Waals surface area contributed by atoms with Crippen LogP contribution in [0.2, 0.25) is 10.2 Å². The Morgan fingerprint density at radius 2 is 2.18 bits per heavy atom. The number of hydrogen-bond donors (Lipinski definition) is 2. The second kappa shape index (κ2) is 7.90. The molecule has 2 aromatic rings. The van der Waals surface area contributed by atoms with Gasteiger partial charge in [-0.05, 0) is 34.4 Å². The summed E-state index contributed by atoms with van der Waals surface area (Å²) in [5.74, 6) is 1.19. The molecule has 2 rings (SSSR count). The lowest BCUT2D eigenvalue weighted by molar-refractivity contribution is 0.692. The molecular formula is C15H20Cl2N4S. The van der Waals surface area contributed by atoms with E-state index in [1.54, 1.807) is 18.4 Å². The van der Waals surface area contributed by atoms with Crippen molar-refractivity contribution in [2.75, 3.05) is 13.6 Å². The van der Waals surface area contributed by atoms with E-state index in [1.165, 1.54) is 5.56 Å². The van der Waals surface area contributed by atoms with Crippen molar-refractivity contribution in [3.8, 4) is 0 Å². The van der Waals surface area contributed by atoms with E-state index < -0.39 is 0 Å². The van der Waals surface area contributed by atoms with Crippen LogP contribution in [-0.4, -0.2) is 24.1 Å². The van der Waals surface area contributed by atoms with Crippen LogP contribution in [0.1, 0.15) is 24.1 Å². The highest BCUT2D eigenvalue weighted by Crippen LogP contribution is 2.24. The van der Waals surface area contributed by atoms with Crippen molar-refractivity contribution in [2.24, 2.45) is 12.0 Å². The van der Waals surface area contributed by atoms with Crippen LogP contribution in [0.15, 0.2) is 27.9 Å². The number of nitrogens with one attached hydrogen (secondary N) is 2. The molecule has 0 radical (unpaired) electrons. The van der Waals surface area contributed by atoms with Crippen LogP contribution in [0.25, 0.3) is 0 Å². The van der Waals surface area contributed by atoms with Gasteiger partial charge in [0.1, 0.15) is 5.15 Å². The summed E-state index contributed by atoms with van der Waals surface area (Å²) in [4.78, 5) is 4.24. The number of aliphatic imine (C=N–C) groups is 1. The quantitative estimate of drug-likeness (QED) is 0.629. The highest BCUT2D eigenvalue weighted by atomic mass is 35.5. The average Bonchev–Trinajstić information content (AvgIpc) is 3.13. The van der Waals surface area contributed by atoms with E-state index in [-0.39, 0.29) is 0 Å². The molecule has 4 nitrogen and oxygen atoms in total. The van der Waals surface area contributed by atoms with Crippen molar-refractivity contribution >= 4 is 40.5 Å². The molecule has 0 saturated carbocycles. The summed E-state index contributed by atoms with van der Waals surface area (Å²) in [6.07, 6.45) is 0. The smallest absolute Gasteiger partial charge is 0.191 e. The van der Waals surface area contributed by atoms with Crippen molar-refractivity contribution in [2.45, 2.75) is 19.4 Å². The van der Waals surface area contributed by atoms with Crippen LogP contribution < -0.4 is 10.6 Å². The molecule has 0 bridgehead atoms. The summed E-state index contributed by atoms with van der Waals surface area (Å²) in [5, 5.41) is 12.0. The van der Waals surface area contributed by atoms with E-state index in [9.17, 15) is 0 Å². The molecule has 2 N–H and O–H groups in total. The van der Waals surface area contributed by atoms with Crippen LogP contribution >= 0.6 is 34.5 Å². The molecule has 0 aliphatic rings. The number of hydrogen-bond acceptors (Lipinski definition) is 2. The Balaban J connectivity index is 1.86. The number of aromatic nitrogens is 1. The van der Waals surface area contributed by atoms with E-state index in [0.29, 0.717) is 22.6 Å². The van der Waals surface area contributed by atoms with Gasteiger partial charge in [-0.25, -0.2) is 0 Å². The lowest BCUT2D eigenvalue weighted by Crippen LogP contribution is -2.38. The highest BCUT2D eigenvalue weighted by Gasteiger charge is 2.10. The zero-order chi connectivity index (χ0) is 16.1. The summed E-state index contributed by atoms with van der Waals surface area (Å²) in [6, 6.07) is 4.01. The molecule has 0 saturated heterocycles. The summed E-state index contributed by atoms with van der Waals surface area (Å²) < 4.78 is 1.86. The molecule has 7 heteroatoms. The highest BCUT2D eigenvalue weighted by molar-refractivity contribution is 7.07. The van der Waals surface area contributed by atoms with Crippen molar-refractivity contribution in [3.05, 3.63) is 44.3 Å². The zero-order valence-electron chi connectivity index (χ0n) is 12.9. The molecule has 1 unspecified atom stereocenters. The fraction of sp³-hybridized carbons (Fsp3) is 0.400. The Kier molecular flexibility index (Phi) is 6.17. The first-order valence-electron chi connectivity index (χ1n) is 6.99. The summed E-state index contributed by atoms with van der Waals surface area (Å²) in [7, 11) is 3.65. The van der Waals surface area contributed by atoms with Gasteiger partial charge in [-0.15, -0.1) is 0 Å². The minimum absolute atomic E-state index is 0.434. The van der Waals surface area contributed by atoms with Crippen LogP contribution in [0.4, 0.5) is 0 Å². The summed E-state index contributed by atoms with van der Waals surface area (Å²) in [5.41, 5.74) is 2.35. The Morgan fingerprint density at radius 1 is 1.41 bits per heavy atom. The van der Waals surface area contributed by atoms with Crippen molar-refractivity contribution < 1.29 is 0 Å². The van der Waals surface area contributed by atoms with Crippen LogP contribution in [-0.2, 0) is 13.6 Å². The Labute approximate surface area is 145 Å². The largest absolute Gasteiger partial charge is 0.356 e. The lowest BCUT2D eigenvalue weighted by Gasteiger charge is -2.15. The molecule has 0 aliphatic heterocycles. The van der Waals surface area contributed by atoms with Gasteiger partial charge in [0.25, 0.3) is 0 Å². The third-order valence-corrected chi connectivity index (χ3v) is 5.11. The van der Waals surface area contributed by atoms with Gasteiger partial charge in [0.05, 0.1) is 11.6 Å². The number of nitrogens with zero attached hydrogens (tertiary/aromatic N) is 2. The zero-order valence-corrected chi connectivity index (χ0v) is 15.2. The lowest BCUT2D eigenvalue weighted by atomic mass is 10.1. The van der Waals surface area contributed by atoms with Gasteiger partial charge in [0, 0.05) is 26.3 Å². The first kappa shape index (κ1) is 17.2. The van der Waals surface area contributed by atoms with Crippen molar-refractivity contribution in [1.29, 1.82) is 0 Å². The molecule has 0 fully saturated rings. The number of rotatable bonds is 5. The van der Waals surface area contributed by atoms with E-state index in [4.69, 9.17) is 23.2 Å². The predicted molar refractivity (Wildman–Crippen MR) is 96.4 cm³/mol. The topological polar surface area (TPSA) is 41.4 Å². The van der Waals surface area contributed by atoms with Gasteiger partial charge >= 0.3 is 0 Å². The maximum Gasteiger partial charge on any atom is 0.191 e. The van der Waals surface area contributed by atoms with Gasteiger partial charge in [-0.2, -0.15) is 11.3 Å². The van der Waals surface area contributed by atoms with Crippen LogP contribution in [0.5, 0.6) is 0 Å². The summed E-state index contributed by atoms with van der Waals surface area (Å²) in [6.45, 7) is 3.62. The van der Waals surface area contributed by atoms with Gasteiger partial charge in [-0.1, -0.05) is 30.1 Å². The molecule has 0 aliphatic carbocycles. The standard InChI is InChI=1S/C15H20Cl2N4S/c1-10(11-4-5-22-9-11)7-19-15(18-2)20-8-12-6-13(16)14(17)21(12)3/h4-6,9-10H,7-8H2,1-3H3,(H2,18,19,20). The molecule has 120 valence electrons. The molecule has 2 aromatic heterocycles. The number of halogens is 2. The predicted octanol–water partition coefficient (Wildman–Crippen LogP) is 3.86. The van der Waals surface area contributed by atoms with Gasteiger partial charge in [-0.3, -0.25) is 4.99 Å². The average molecular weight is 359 g/mol. The molecular weight excluding hydrogens is 339 g/mol. The van der Waals surface area contributed by atoms with E-state index in [0.717, 1.165) is 18.2 Å². The first-order valence-corrected chi connectivity index (χ1v) is 8.69. The normalized spacial score (nSPS) is 13.2. The fourth-order valence-corrected chi connectivity index (χ4v) is 3.27. The Hall–Kier alpha value is -1.17. The third kappa shape index (κ3) is 4.18. The number of guanidine groups is 1.